The fraction of sp³-hybridized carbons (Fsp3) is 0.300. The van der Waals surface area contributed by atoms with E-state index in [9.17, 15) is 9.18 Å². The standard InChI is InChI=1S/C10H12FNO3/c1-12(10(13)14)6-7-5-8(11)3-4-9(7)15-2/h3-5H,6H2,1-2H3,(H,13,14). The first-order valence-corrected chi connectivity index (χ1v) is 4.31. The molecule has 0 unspecified atom stereocenters. The molecule has 0 aliphatic heterocycles. The van der Waals surface area contributed by atoms with Gasteiger partial charge in [0.25, 0.3) is 0 Å². The van der Waals surface area contributed by atoms with E-state index in [2.05, 4.69) is 0 Å². The molecule has 15 heavy (non-hydrogen) atoms. The van der Waals surface area contributed by atoms with Gasteiger partial charge >= 0.3 is 6.09 Å². The number of rotatable bonds is 3. The summed E-state index contributed by atoms with van der Waals surface area (Å²) in [6, 6.07) is 4.00. The van der Waals surface area contributed by atoms with E-state index in [1.165, 1.54) is 32.4 Å². The van der Waals surface area contributed by atoms with Crippen molar-refractivity contribution in [2.75, 3.05) is 14.2 Å². The molecule has 0 spiro atoms. The van der Waals surface area contributed by atoms with Crippen molar-refractivity contribution in [3.05, 3.63) is 29.6 Å². The van der Waals surface area contributed by atoms with E-state index in [0.29, 0.717) is 11.3 Å². The maximum absolute atomic E-state index is 12.9. The number of carboxylic acid groups (broad SMARTS) is 1. The Balaban J connectivity index is 2.91. The molecule has 0 aromatic heterocycles. The Morgan fingerprint density at radius 1 is 1.60 bits per heavy atom. The minimum atomic E-state index is -1.07. The first kappa shape index (κ1) is 11.3. The van der Waals surface area contributed by atoms with Crippen LogP contribution in [0.5, 0.6) is 5.75 Å². The van der Waals surface area contributed by atoms with E-state index in [1.54, 1.807) is 0 Å². The number of hydrogen-bond donors (Lipinski definition) is 1. The number of ether oxygens (including phenoxy) is 1. The Kier molecular flexibility index (Phi) is 3.49. The topological polar surface area (TPSA) is 49.8 Å². The summed E-state index contributed by atoms with van der Waals surface area (Å²) in [4.78, 5) is 11.6. The van der Waals surface area contributed by atoms with E-state index < -0.39 is 11.9 Å². The zero-order chi connectivity index (χ0) is 11.4. The lowest BCUT2D eigenvalue weighted by Gasteiger charge is -2.15. The highest BCUT2D eigenvalue weighted by Gasteiger charge is 2.10. The number of halogens is 1. The van der Waals surface area contributed by atoms with Gasteiger partial charge in [-0.2, -0.15) is 0 Å². The van der Waals surface area contributed by atoms with Crippen LogP contribution in [0.25, 0.3) is 0 Å². The van der Waals surface area contributed by atoms with Gasteiger partial charge in [-0.05, 0) is 18.2 Å². The fourth-order valence-electron chi connectivity index (χ4n) is 1.19. The van der Waals surface area contributed by atoms with Gasteiger partial charge < -0.3 is 14.7 Å². The SMILES string of the molecule is COc1ccc(F)cc1CN(C)C(=O)O. The quantitative estimate of drug-likeness (QED) is 0.834. The second kappa shape index (κ2) is 4.63. The molecule has 5 heteroatoms. The molecule has 0 aliphatic carbocycles. The molecule has 0 saturated carbocycles. The van der Waals surface area contributed by atoms with Crippen molar-refractivity contribution >= 4 is 6.09 Å². The molecule has 0 radical (unpaired) electrons. The lowest BCUT2D eigenvalue weighted by molar-refractivity contribution is 0.153. The average molecular weight is 213 g/mol. The molecule has 0 saturated heterocycles. The van der Waals surface area contributed by atoms with Crippen LogP contribution in [-0.2, 0) is 6.54 Å². The van der Waals surface area contributed by atoms with Gasteiger partial charge in [-0.15, -0.1) is 0 Å². The van der Waals surface area contributed by atoms with Gasteiger partial charge in [0, 0.05) is 12.6 Å². The second-order valence-electron chi connectivity index (χ2n) is 3.09. The van der Waals surface area contributed by atoms with Crippen LogP contribution in [0.3, 0.4) is 0 Å². The minimum Gasteiger partial charge on any atom is -0.496 e. The normalized spacial score (nSPS) is 9.80. The van der Waals surface area contributed by atoms with Crippen LogP contribution in [0.4, 0.5) is 9.18 Å². The van der Waals surface area contributed by atoms with Crippen molar-refractivity contribution in [3.63, 3.8) is 0 Å². The summed E-state index contributed by atoms with van der Waals surface area (Å²) in [7, 11) is 2.87. The molecule has 0 heterocycles. The molecule has 0 bridgehead atoms. The molecule has 1 N–H and O–H groups in total. The van der Waals surface area contributed by atoms with Crippen molar-refractivity contribution in [1.29, 1.82) is 0 Å². The number of hydrogen-bond acceptors (Lipinski definition) is 2. The summed E-state index contributed by atoms with van der Waals surface area (Å²) in [5, 5.41) is 8.67. The number of methoxy groups -OCH3 is 1. The van der Waals surface area contributed by atoms with E-state index in [-0.39, 0.29) is 6.54 Å². The summed E-state index contributed by atoms with van der Waals surface area (Å²) in [5.41, 5.74) is 0.502. The average Bonchev–Trinajstić information content (AvgIpc) is 2.18. The van der Waals surface area contributed by atoms with E-state index >= 15 is 0 Å². The monoisotopic (exact) mass is 213 g/mol. The van der Waals surface area contributed by atoms with Crippen LogP contribution >= 0.6 is 0 Å². The fourth-order valence-corrected chi connectivity index (χ4v) is 1.19. The summed E-state index contributed by atoms with van der Waals surface area (Å²) in [5.74, 6) is 0.0640. The Morgan fingerprint density at radius 3 is 2.80 bits per heavy atom. The Hall–Kier alpha value is -1.78. The highest BCUT2D eigenvalue weighted by atomic mass is 19.1. The molecule has 0 aliphatic rings. The number of nitrogens with zero attached hydrogens (tertiary/aromatic N) is 1. The number of carbonyl (C=O) groups is 1. The zero-order valence-electron chi connectivity index (χ0n) is 8.53. The third-order valence-electron chi connectivity index (χ3n) is 1.98. The number of amides is 1. The van der Waals surface area contributed by atoms with Crippen molar-refractivity contribution < 1.29 is 19.0 Å². The molecule has 1 aromatic carbocycles. The van der Waals surface area contributed by atoms with Gasteiger partial charge in [0.05, 0.1) is 13.7 Å². The lowest BCUT2D eigenvalue weighted by Crippen LogP contribution is -2.24. The third-order valence-corrected chi connectivity index (χ3v) is 1.98. The molecule has 1 rings (SSSR count). The molecule has 4 nitrogen and oxygen atoms in total. The summed E-state index contributed by atoms with van der Waals surface area (Å²) in [6.07, 6.45) is -1.07. The predicted octanol–water partition coefficient (Wildman–Crippen LogP) is 1.94. The van der Waals surface area contributed by atoms with Gasteiger partial charge in [0.15, 0.2) is 0 Å². The molecule has 82 valence electrons. The third kappa shape index (κ3) is 2.83. The van der Waals surface area contributed by atoms with Gasteiger partial charge in [-0.1, -0.05) is 0 Å². The maximum Gasteiger partial charge on any atom is 0.407 e. The largest absolute Gasteiger partial charge is 0.496 e. The van der Waals surface area contributed by atoms with Gasteiger partial charge in [-0.3, -0.25) is 0 Å². The van der Waals surface area contributed by atoms with E-state index in [0.717, 1.165) is 4.90 Å². The Labute approximate surface area is 86.9 Å². The van der Waals surface area contributed by atoms with Crippen molar-refractivity contribution in [2.45, 2.75) is 6.54 Å². The molecule has 0 atom stereocenters. The molecular weight excluding hydrogens is 201 g/mol. The Bertz CT molecular complexity index is 368. The highest BCUT2D eigenvalue weighted by Crippen LogP contribution is 2.20. The number of benzene rings is 1. The first-order valence-electron chi connectivity index (χ1n) is 4.31. The van der Waals surface area contributed by atoms with Crippen LogP contribution < -0.4 is 4.74 Å². The van der Waals surface area contributed by atoms with Crippen LogP contribution in [-0.4, -0.2) is 30.3 Å². The second-order valence-corrected chi connectivity index (χ2v) is 3.09. The highest BCUT2D eigenvalue weighted by molar-refractivity contribution is 5.64. The van der Waals surface area contributed by atoms with Crippen LogP contribution in [0.1, 0.15) is 5.56 Å². The summed E-state index contributed by atoms with van der Waals surface area (Å²) < 4.78 is 17.9. The van der Waals surface area contributed by atoms with Crippen molar-refractivity contribution in [2.24, 2.45) is 0 Å². The summed E-state index contributed by atoms with van der Waals surface area (Å²) >= 11 is 0. The summed E-state index contributed by atoms with van der Waals surface area (Å²) in [6.45, 7) is 0.0935. The lowest BCUT2D eigenvalue weighted by atomic mass is 10.2. The maximum atomic E-state index is 12.9. The predicted molar refractivity (Wildman–Crippen MR) is 52.4 cm³/mol. The molecule has 1 amide bonds. The van der Waals surface area contributed by atoms with E-state index in [4.69, 9.17) is 9.84 Å². The van der Waals surface area contributed by atoms with Gasteiger partial charge in [-0.25, -0.2) is 9.18 Å². The van der Waals surface area contributed by atoms with E-state index in [1.807, 2.05) is 0 Å². The Morgan fingerprint density at radius 2 is 2.27 bits per heavy atom. The van der Waals surface area contributed by atoms with Gasteiger partial charge in [0.2, 0.25) is 0 Å². The van der Waals surface area contributed by atoms with Crippen molar-refractivity contribution in [1.82, 2.24) is 4.90 Å². The first-order chi connectivity index (χ1) is 7.04. The smallest absolute Gasteiger partial charge is 0.407 e. The molecule has 0 fully saturated rings. The van der Waals surface area contributed by atoms with Gasteiger partial charge in [0.1, 0.15) is 11.6 Å². The van der Waals surface area contributed by atoms with Crippen molar-refractivity contribution in [3.8, 4) is 5.75 Å². The van der Waals surface area contributed by atoms with Crippen LogP contribution in [0.15, 0.2) is 18.2 Å². The molecule has 1 aromatic rings. The molecular formula is C10H12FNO3. The van der Waals surface area contributed by atoms with Crippen LogP contribution in [0.2, 0.25) is 0 Å². The van der Waals surface area contributed by atoms with Crippen LogP contribution in [0, 0.1) is 5.82 Å². The zero-order valence-corrected chi connectivity index (χ0v) is 8.53. The minimum absolute atomic E-state index is 0.0935.